The standard InChI is InChI=1S/C24H33N5O6S/c1-17-16-19(29(6-10-33-12-8-30)7-11-34-14-15-35-13-9-31)4-5-20(17)27-28-24-21(22(25)32)18(2)23(26-3)36-24/h4-5,16,30-31H,6-15H2,1-2H3,(H2,25,32). The molecule has 4 N–H and O–H groups in total. The van der Waals surface area contributed by atoms with Gasteiger partial charge >= 0.3 is 0 Å². The summed E-state index contributed by atoms with van der Waals surface area (Å²) < 4.78 is 16.3. The van der Waals surface area contributed by atoms with Gasteiger partial charge in [-0.15, -0.1) is 21.6 Å². The van der Waals surface area contributed by atoms with E-state index in [1.54, 1.807) is 6.92 Å². The number of rotatable bonds is 17. The van der Waals surface area contributed by atoms with E-state index in [1.165, 1.54) is 0 Å². The van der Waals surface area contributed by atoms with Crippen molar-refractivity contribution >= 4 is 38.6 Å². The summed E-state index contributed by atoms with van der Waals surface area (Å²) in [7, 11) is 0. The Balaban J connectivity index is 2.11. The van der Waals surface area contributed by atoms with Gasteiger partial charge in [-0.1, -0.05) is 0 Å². The van der Waals surface area contributed by atoms with Crippen LogP contribution in [0.15, 0.2) is 28.4 Å². The van der Waals surface area contributed by atoms with Crippen molar-refractivity contribution in [2.45, 2.75) is 13.8 Å². The Bertz CT molecular complexity index is 1050. The zero-order chi connectivity index (χ0) is 26.3. The van der Waals surface area contributed by atoms with Gasteiger partial charge in [-0.3, -0.25) is 4.79 Å². The van der Waals surface area contributed by atoms with Crippen molar-refractivity contribution < 1.29 is 29.2 Å². The number of nitrogens with two attached hydrogens (primary N) is 1. The van der Waals surface area contributed by atoms with Crippen molar-refractivity contribution in [3.8, 4) is 0 Å². The highest BCUT2D eigenvalue weighted by Crippen LogP contribution is 2.41. The van der Waals surface area contributed by atoms with Crippen molar-refractivity contribution in [1.29, 1.82) is 0 Å². The van der Waals surface area contributed by atoms with Gasteiger partial charge in [0.15, 0.2) is 0 Å². The lowest BCUT2D eigenvalue weighted by Gasteiger charge is -2.25. The molecule has 0 aliphatic rings. The predicted octanol–water partition coefficient (Wildman–Crippen LogP) is 3.27. The summed E-state index contributed by atoms with van der Waals surface area (Å²) in [4.78, 5) is 17.4. The van der Waals surface area contributed by atoms with Crippen LogP contribution in [0.4, 0.5) is 21.4 Å². The first-order chi connectivity index (χ1) is 17.4. The Labute approximate surface area is 214 Å². The topological polar surface area (TPSA) is 144 Å². The molecule has 0 atom stereocenters. The molecule has 2 rings (SSSR count). The first kappa shape index (κ1) is 29.3. The molecule has 12 heteroatoms. The monoisotopic (exact) mass is 519 g/mol. The number of hydrogen-bond donors (Lipinski definition) is 3. The van der Waals surface area contributed by atoms with Gasteiger partial charge in [-0.05, 0) is 43.2 Å². The lowest BCUT2D eigenvalue weighted by molar-refractivity contribution is 0.0347. The molecule has 1 aromatic heterocycles. The molecule has 196 valence electrons. The molecule has 0 aliphatic carbocycles. The minimum Gasteiger partial charge on any atom is -0.394 e. The molecule has 11 nitrogen and oxygen atoms in total. The Kier molecular flexibility index (Phi) is 13.0. The number of carbonyl (C=O) groups is 1. The second kappa shape index (κ2) is 15.9. The van der Waals surface area contributed by atoms with Crippen LogP contribution in [-0.4, -0.2) is 82.1 Å². The van der Waals surface area contributed by atoms with Crippen LogP contribution in [0.1, 0.15) is 21.5 Å². The summed E-state index contributed by atoms with van der Waals surface area (Å²) in [5.74, 6) is -0.638. The predicted molar refractivity (Wildman–Crippen MR) is 138 cm³/mol. The third kappa shape index (κ3) is 8.94. The summed E-state index contributed by atoms with van der Waals surface area (Å²) in [6.45, 7) is 14.3. The third-order valence-corrected chi connectivity index (χ3v) is 6.17. The fourth-order valence-corrected chi connectivity index (χ4v) is 4.20. The molecule has 1 heterocycles. The smallest absolute Gasteiger partial charge is 0.250 e. The number of aliphatic hydroxyl groups is 2. The molecular weight excluding hydrogens is 486 g/mol. The number of nitrogens with zero attached hydrogens (tertiary/aromatic N) is 4. The molecule has 0 saturated heterocycles. The molecular formula is C24H33N5O6S. The molecule has 0 spiro atoms. The first-order valence-electron chi connectivity index (χ1n) is 11.5. The molecule has 1 aromatic carbocycles. The number of ether oxygens (including phenoxy) is 3. The molecule has 0 fully saturated rings. The number of anilines is 1. The summed E-state index contributed by atoms with van der Waals surface area (Å²) >= 11 is 1.09. The second-order valence-corrected chi connectivity index (χ2v) is 8.61. The number of thiophene rings is 1. The van der Waals surface area contributed by atoms with Crippen LogP contribution < -0.4 is 10.6 Å². The van der Waals surface area contributed by atoms with E-state index in [0.717, 1.165) is 22.6 Å². The molecule has 0 saturated carbocycles. The quantitative estimate of drug-likeness (QED) is 0.165. The Hall–Kier alpha value is -2.92. The van der Waals surface area contributed by atoms with E-state index in [1.807, 2.05) is 25.1 Å². The summed E-state index contributed by atoms with van der Waals surface area (Å²) in [5.41, 5.74) is 8.66. The zero-order valence-electron chi connectivity index (χ0n) is 20.6. The first-order valence-corrected chi connectivity index (χ1v) is 12.3. The number of carbonyl (C=O) groups excluding carboxylic acids is 1. The zero-order valence-corrected chi connectivity index (χ0v) is 21.4. The lowest BCUT2D eigenvalue weighted by Crippen LogP contribution is -2.31. The van der Waals surface area contributed by atoms with Gasteiger partial charge in [0.25, 0.3) is 5.91 Å². The van der Waals surface area contributed by atoms with E-state index in [2.05, 4.69) is 20.0 Å². The van der Waals surface area contributed by atoms with Gasteiger partial charge in [0, 0.05) is 18.8 Å². The van der Waals surface area contributed by atoms with Crippen molar-refractivity contribution in [1.82, 2.24) is 0 Å². The molecule has 2 aromatic rings. The number of amides is 1. The van der Waals surface area contributed by atoms with Gasteiger partial charge < -0.3 is 35.1 Å². The molecule has 0 bridgehead atoms. The number of benzene rings is 1. The van der Waals surface area contributed by atoms with Gasteiger partial charge in [0.2, 0.25) is 5.00 Å². The lowest BCUT2D eigenvalue weighted by atomic mass is 10.1. The summed E-state index contributed by atoms with van der Waals surface area (Å²) in [6, 6.07) is 5.72. The van der Waals surface area contributed by atoms with E-state index in [-0.39, 0.29) is 32.0 Å². The highest BCUT2D eigenvalue weighted by molar-refractivity contribution is 7.20. The van der Waals surface area contributed by atoms with E-state index < -0.39 is 5.91 Å². The highest BCUT2D eigenvalue weighted by Gasteiger charge is 2.19. The van der Waals surface area contributed by atoms with Crippen molar-refractivity contribution in [3.63, 3.8) is 0 Å². The minimum absolute atomic E-state index is 0.0160. The second-order valence-electron chi connectivity index (χ2n) is 7.63. The Morgan fingerprint density at radius 1 is 1.03 bits per heavy atom. The van der Waals surface area contributed by atoms with Crippen molar-refractivity contribution in [3.05, 3.63) is 46.3 Å². The average Bonchev–Trinajstić information content (AvgIpc) is 3.19. The van der Waals surface area contributed by atoms with Crippen LogP contribution in [0.5, 0.6) is 0 Å². The largest absolute Gasteiger partial charge is 0.394 e. The normalized spacial score (nSPS) is 11.2. The number of primary amides is 1. The molecule has 0 aliphatic heterocycles. The fourth-order valence-electron chi connectivity index (χ4n) is 3.27. The number of hydrogen-bond acceptors (Lipinski definition) is 10. The van der Waals surface area contributed by atoms with E-state index in [9.17, 15) is 4.79 Å². The maximum atomic E-state index is 11.8. The van der Waals surface area contributed by atoms with Crippen LogP contribution in [0, 0.1) is 20.4 Å². The Morgan fingerprint density at radius 2 is 1.64 bits per heavy atom. The number of aliphatic hydroxyl groups excluding tert-OH is 2. The van der Waals surface area contributed by atoms with E-state index in [4.69, 9.17) is 36.7 Å². The van der Waals surface area contributed by atoms with Gasteiger partial charge in [-0.2, -0.15) is 0 Å². The van der Waals surface area contributed by atoms with Gasteiger partial charge in [0.05, 0.1) is 70.7 Å². The summed E-state index contributed by atoms with van der Waals surface area (Å²) in [5, 5.41) is 26.9. The third-order valence-electron chi connectivity index (χ3n) is 5.10. The van der Waals surface area contributed by atoms with E-state index >= 15 is 0 Å². The van der Waals surface area contributed by atoms with Crippen LogP contribution in [-0.2, 0) is 14.2 Å². The fraction of sp³-hybridized carbons (Fsp3) is 0.500. The maximum Gasteiger partial charge on any atom is 0.250 e. The molecule has 0 radical (unpaired) electrons. The van der Waals surface area contributed by atoms with Crippen molar-refractivity contribution in [2.75, 3.05) is 70.8 Å². The molecule has 1 amide bonds. The number of aryl methyl sites for hydroxylation is 1. The SMILES string of the molecule is [C-]#[N+]c1sc(N=Nc2ccc(N(CCOCCO)CCOCCOCCO)cc2C)c(C(N)=O)c1C. The van der Waals surface area contributed by atoms with Gasteiger partial charge in [-0.25, -0.2) is 4.85 Å². The maximum absolute atomic E-state index is 11.8. The van der Waals surface area contributed by atoms with Crippen molar-refractivity contribution in [2.24, 2.45) is 16.0 Å². The average molecular weight is 520 g/mol. The Morgan fingerprint density at radius 3 is 2.19 bits per heavy atom. The van der Waals surface area contributed by atoms with Crippen LogP contribution in [0.3, 0.4) is 0 Å². The van der Waals surface area contributed by atoms with Gasteiger partial charge in [0.1, 0.15) is 5.00 Å². The molecule has 36 heavy (non-hydrogen) atoms. The molecule has 0 unspecified atom stereocenters. The van der Waals surface area contributed by atoms with Crippen LogP contribution in [0.25, 0.3) is 4.85 Å². The number of azo groups is 1. The van der Waals surface area contributed by atoms with Crippen LogP contribution >= 0.6 is 11.3 Å². The van der Waals surface area contributed by atoms with E-state index in [0.29, 0.717) is 60.8 Å². The minimum atomic E-state index is -0.638. The van der Waals surface area contributed by atoms with Crippen LogP contribution in [0.2, 0.25) is 0 Å². The summed E-state index contributed by atoms with van der Waals surface area (Å²) in [6.07, 6.45) is 0. The highest BCUT2D eigenvalue weighted by atomic mass is 32.1.